The quantitative estimate of drug-likeness (QED) is 0.711. The molecule has 2 aliphatic heterocycles. The van der Waals surface area contributed by atoms with Crippen molar-refractivity contribution in [2.45, 2.75) is 25.8 Å². The van der Waals surface area contributed by atoms with E-state index in [9.17, 15) is 14.0 Å². The van der Waals surface area contributed by atoms with E-state index in [4.69, 9.17) is 0 Å². The van der Waals surface area contributed by atoms with Crippen molar-refractivity contribution in [2.75, 3.05) is 19.6 Å². The minimum Gasteiger partial charge on any atom is -0.339 e. The summed E-state index contributed by atoms with van der Waals surface area (Å²) in [6, 6.07) is 15.7. The molecule has 0 radical (unpaired) electrons. The van der Waals surface area contributed by atoms with E-state index >= 15 is 0 Å². The molecule has 2 amide bonds. The van der Waals surface area contributed by atoms with Gasteiger partial charge < -0.3 is 9.80 Å². The van der Waals surface area contributed by atoms with Gasteiger partial charge in [-0.3, -0.25) is 9.59 Å². The zero-order valence-electron chi connectivity index (χ0n) is 17.0. The summed E-state index contributed by atoms with van der Waals surface area (Å²) >= 11 is 0. The van der Waals surface area contributed by atoms with Crippen LogP contribution >= 0.6 is 0 Å². The Kier molecular flexibility index (Phi) is 6.26. The molecule has 0 saturated carbocycles. The molecule has 4 rings (SSSR count). The smallest absolute Gasteiger partial charge is 0.253 e. The van der Waals surface area contributed by atoms with Crippen LogP contribution in [0.2, 0.25) is 0 Å². The van der Waals surface area contributed by atoms with Crippen molar-refractivity contribution >= 4 is 11.8 Å². The first-order valence-corrected chi connectivity index (χ1v) is 10.6. The van der Waals surface area contributed by atoms with E-state index in [2.05, 4.69) is 12.2 Å². The molecule has 30 heavy (non-hydrogen) atoms. The summed E-state index contributed by atoms with van der Waals surface area (Å²) in [6.07, 6.45) is 6.58. The van der Waals surface area contributed by atoms with Crippen LogP contribution in [0.3, 0.4) is 0 Å². The lowest BCUT2D eigenvalue weighted by molar-refractivity contribution is -0.137. The number of carbonyl (C=O) groups excluding carboxylic acids is 2. The highest BCUT2D eigenvalue weighted by Crippen LogP contribution is 2.31. The van der Waals surface area contributed by atoms with Crippen LogP contribution in [-0.2, 0) is 11.3 Å². The Morgan fingerprint density at radius 1 is 0.967 bits per heavy atom. The second-order valence-electron chi connectivity index (χ2n) is 8.15. The van der Waals surface area contributed by atoms with Gasteiger partial charge in [-0.1, -0.05) is 42.5 Å². The summed E-state index contributed by atoms with van der Waals surface area (Å²) in [5.41, 5.74) is 1.65. The number of nitrogens with zero attached hydrogens (tertiary/aromatic N) is 2. The standard InChI is InChI=1S/C25H27FN2O2/c26-22-11-9-19(10-12-22)18-28-15-5-4-8-23(25(28)30)20-13-16-27(17-14-20)24(29)21-6-2-1-3-7-21/h1-7,9-12,20,23H,8,13-18H2/t23-/m0/s1. The molecule has 2 aromatic carbocycles. The molecular formula is C25H27FN2O2. The first kappa shape index (κ1) is 20.3. The summed E-state index contributed by atoms with van der Waals surface area (Å²) in [7, 11) is 0. The van der Waals surface area contributed by atoms with Gasteiger partial charge in [0, 0.05) is 37.7 Å². The van der Waals surface area contributed by atoms with Crippen molar-refractivity contribution in [1.29, 1.82) is 0 Å². The van der Waals surface area contributed by atoms with Gasteiger partial charge in [0.2, 0.25) is 5.91 Å². The molecule has 0 N–H and O–H groups in total. The number of amides is 2. The number of benzene rings is 2. The van der Waals surface area contributed by atoms with Crippen LogP contribution in [0.4, 0.5) is 4.39 Å². The predicted octanol–water partition coefficient (Wildman–Crippen LogP) is 4.28. The zero-order chi connectivity index (χ0) is 20.9. The van der Waals surface area contributed by atoms with Crippen LogP contribution in [0.25, 0.3) is 0 Å². The molecule has 2 heterocycles. The van der Waals surface area contributed by atoms with Crippen molar-refractivity contribution in [3.63, 3.8) is 0 Å². The average Bonchev–Trinajstić information content (AvgIpc) is 2.97. The maximum Gasteiger partial charge on any atom is 0.253 e. The SMILES string of the molecule is O=C(c1ccccc1)N1CCC([C@@H]2CC=CCN(Cc3ccc(F)cc3)C2=O)CC1. The highest BCUT2D eigenvalue weighted by molar-refractivity contribution is 5.94. The molecule has 0 aliphatic carbocycles. The van der Waals surface area contributed by atoms with Crippen LogP contribution in [0.15, 0.2) is 66.7 Å². The number of likely N-dealkylation sites (tertiary alicyclic amines) is 1. The molecule has 5 heteroatoms. The minimum atomic E-state index is -0.268. The lowest BCUT2D eigenvalue weighted by Gasteiger charge is -2.36. The summed E-state index contributed by atoms with van der Waals surface area (Å²) < 4.78 is 13.2. The van der Waals surface area contributed by atoms with E-state index < -0.39 is 0 Å². The third-order valence-electron chi connectivity index (χ3n) is 6.21. The van der Waals surface area contributed by atoms with Gasteiger partial charge in [-0.25, -0.2) is 4.39 Å². The number of halogens is 1. The normalized spacial score (nSPS) is 20.3. The van der Waals surface area contributed by atoms with Gasteiger partial charge in [0.05, 0.1) is 0 Å². The van der Waals surface area contributed by atoms with Gasteiger partial charge in [0.1, 0.15) is 5.82 Å². The lowest BCUT2D eigenvalue weighted by Crippen LogP contribution is -2.44. The van der Waals surface area contributed by atoms with E-state index in [1.54, 1.807) is 12.1 Å². The summed E-state index contributed by atoms with van der Waals surface area (Å²) in [4.78, 5) is 29.7. The highest BCUT2D eigenvalue weighted by atomic mass is 19.1. The van der Waals surface area contributed by atoms with E-state index in [0.717, 1.165) is 30.4 Å². The topological polar surface area (TPSA) is 40.6 Å². The number of rotatable bonds is 4. The van der Waals surface area contributed by atoms with Crippen molar-refractivity contribution in [2.24, 2.45) is 11.8 Å². The third-order valence-corrected chi connectivity index (χ3v) is 6.21. The van der Waals surface area contributed by atoms with E-state index in [-0.39, 0.29) is 29.5 Å². The third kappa shape index (κ3) is 4.61. The summed E-state index contributed by atoms with van der Waals surface area (Å²) in [6.45, 7) is 2.44. The molecular weight excluding hydrogens is 379 g/mol. The van der Waals surface area contributed by atoms with Crippen LogP contribution in [0, 0.1) is 17.7 Å². The monoisotopic (exact) mass is 406 g/mol. The maximum absolute atomic E-state index is 13.3. The molecule has 2 aromatic rings. The minimum absolute atomic E-state index is 0.0572. The van der Waals surface area contributed by atoms with Crippen LogP contribution in [-0.4, -0.2) is 41.2 Å². The highest BCUT2D eigenvalue weighted by Gasteiger charge is 2.35. The Bertz CT molecular complexity index is 903. The zero-order valence-corrected chi connectivity index (χ0v) is 17.0. The van der Waals surface area contributed by atoms with Crippen LogP contribution < -0.4 is 0 Å². The van der Waals surface area contributed by atoms with Crippen molar-refractivity contribution in [3.05, 3.63) is 83.7 Å². The summed E-state index contributed by atoms with van der Waals surface area (Å²) in [5, 5.41) is 0. The molecule has 1 fully saturated rings. The number of allylic oxidation sites excluding steroid dienone is 1. The molecule has 0 bridgehead atoms. The Morgan fingerprint density at radius 2 is 1.67 bits per heavy atom. The molecule has 0 aromatic heterocycles. The first-order chi connectivity index (χ1) is 14.6. The van der Waals surface area contributed by atoms with Gasteiger partial charge in [0.25, 0.3) is 5.91 Å². The number of carbonyl (C=O) groups is 2. The van der Waals surface area contributed by atoms with Gasteiger partial charge in [0.15, 0.2) is 0 Å². The summed E-state index contributed by atoms with van der Waals surface area (Å²) in [5.74, 6) is 0.181. The Labute approximate surface area is 177 Å². The predicted molar refractivity (Wildman–Crippen MR) is 114 cm³/mol. The Balaban J connectivity index is 1.38. The molecule has 1 saturated heterocycles. The fourth-order valence-corrected chi connectivity index (χ4v) is 4.48. The molecule has 0 unspecified atom stereocenters. The average molecular weight is 407 g/mol. The molecule has 4 nitrogen and oxygen atoms in total. The van der Waals surface area contributed by atoms with Crippen LogP contribution in [0.5, 0.6) is 0 Å². The van der Waals surface area contributed by atoms with E-state index in [1.807, 2.05) is 40.1 Å². The van der Waals surface area contributed by atoms with Gasteiger partial charge in [-0.15, -0.1) is 0 Å². The number of hydrogen-bond donors (Lipinski definition) is 0. The van der Waals surface area contributed by atoms with E-state index in [0.29, 0.717) is 26.2 Å². The van der Waals surface area contributed by atoms with Gasteiger partial charge in [-0.05, 0) is 55.0 Å². The molecule has 156 valence electrons. The first-order valence-electron chi connectivity index (χ1n) is 10.6. The number of hydrogen-bond acceptors (Lipinski definition) is 2. The molecule has 2 aliphatic rings. The Morgan fingerprint density at radius 3 is 2.37 bits per heavy atom. The fourth-order valence-electron chi connectivity index (χ4n) is 4.48. The second kappa shape index (κ2) is 9.24. The Hall–Kier alpha value is -2.95. The van der Waals surface area contributed by atoms with Crippen molar-refractivity contribution in [1.82, 2.24) is 9.80 Å². The largest absolute Gasteiger partial charge is 0.339 e. The maximum atomic E-state index is 13.3. The second-order valence-corrected chi connectivity index (χ2v) is 8.15. The molecule has 1 atom stereocenters. The van der Waals surface area contributed by atoms with Gasteiger partial charge >= 0.3 is 0 Å². The van der Waals surface area contributed by atoms with Gasteiger partial charge in [-0.2, -0.15) is 0 Å². The number of piperidine rings is 1. The van der Waals surface area contributed by atoms with E-state index in [1.165, 1.54) is 12.1 Å². The van der Waals surface area contributed by atoms with Crippen molar-refractivity contribution in [3.8, 4) is 0 Å². The lowest BCUT2D eigenvalue weighted by atomic mass is 9.81. The molecule has 0 spiro atoms. The van der Waals surface area contributed by atoms with Crippen molar-refractivity contribution < 1.29 is 14.0 Å². The fraction of sp³-hybridized carbons (Fsp3) is 0.360. The van der Waals surface area contributed by atoms with Crippen LogP contribution in [0.1, 0.15) is 35.2 Å².